The molecule has 1 aliphatic rings. The molecule has 1 fully saturated rings. The Balaban J connectivity index is 1.84. The first-order valence-electron chi connectivity index (χ1n) is 7.74. The van der Waals surface area contributed by atoms with Crippen LogP contribution in [0.25, 0.3) is 0 Å². The highest BCUT2D eigenvalue weighted by molar-refractivity contribution is 6.31. The second-order valence-corrected chi connectivity index (χ2v) is 5.57. The van der Waals surface area contributed by atoms with Crippen molar-refractivity contribution in [2.24, 2.45) is 0 Å². The van der Waals surface area contributed by atoms with Crippen molar-refractivity contribution in [3.05, 3.63) is 22.7 Å². The van der Waals surface area contributed by atoms with E-state index in [4.69, 9.17) is 25.8 Å². The molecule has 124 valence electrons. The smallest absolute Gasteiger partial charge is 0.162 e. The molecular weight excluding hydrogens is 304 g/mol. The fraction of sp³-hybridized carbons (Fsp3) is 0.625. The standard InChI is InChI=1S/C16H25ClN2O3/c1-3-22-16-10-13(14(17)11-15(16)20-2)12-18-4-5-19-6-8-21-9-7-19/h10-11,18H,3-9,12H2,1-2H3. The molecule has 1 aromatic rings. The maximum atomic E-state index is 6.31. The predicted octanol–water partition coefficient (Wildman–Crippen LogP) is 2.17. The molecule has 6 heteroatoms. The third-order valence-corrected chi connectivity index (χ3v) is 4.01. The van der Waals surface area contributed by atoms with Gasteiger partial charge in [-0.3, -0.25) is 4.90 Å². The topological polar surface area (TPSA) is 43.0 Å². The van der Waals surface area contributed by atoms with E-state index in [1.807, 2.05) is 19.1 Å². The SMILES string of the molecule is CCOc1cc(CNCCN2CCOCC2)c(Cl)cc1OC. The zero-order valence-corrected chi connectivity index (χ0v) is 14.1. The monoisotopic (exact) mass is 328 g/mol. The summed E-state index contributed by atoms with van der Waals surface area (Å²) in [6, 6.07) is 3.76. The summed E-state index contributed by atoms with van der Waals surface area (Å²) in [6.07, 6.45) is 0. The molecule has 2 rings (SSSR count). The van der Waals surface area contributed by atoms with Gasteiger partial charge >= 0.3 is 0 Å². The van der Waals surface area contributed by atoms with Crippen LogP contribution in [0.15, 0.2) is 12.1 Å². The average molecular weight is 329 g/mol. The summed E-state index contributed by atoms with van der Waals surface area (Å²) in [7, 11) is 1.62. The molecule has 1 aromatic carbocycles. The quantitative estimate of drug-likeness (QED) is 0.741. The van der Waals surface area contributed by atoms with E-state index in [2.05, 4.69) is 10.2 Å². The van der Waals surface area contributed by atoms with Crippen LogP contribution in [0, 0.1) is 0 Å². The summed E-state index contributed by atoms with van der Waals surface area (Å²) in [4.78, 5) is 2.40. The summed E-state index contributed by atoms with van der Waals surface area (Å²) >= 11 is 6.31. The number of hydrogen-bond acceptors (Lipinski definition) is 5. The van der Waals surface area contributed by atoms with Crippen molar-refractivity contribution in [2.45, 2.75) is 13.5 Å². The Labute approximate surface area is 137 Å². The summed E-state index contributed by atoms with van der Waals surface area (Å²) in [5, 5.41) is 4.13. The van der Waals surface area contributed by atoms with Gasteiger partial charge in [0.05, 0.1) is 26.9 Å². The number of nitrogens with zero attached hydrogens (tertiary/aromatic N) is 1. The number of rotatable bonds is 8. The van der Waals surface area contributed by atoms with Crippen molar-refractivity contribution in [1.29, 1.82) is 0 Å². The average Bonchev–Trinajstić information content (AvgIpc) is 2.55. The molecule has 0 radical (unpaired) electrons. The van der Waals surface area contributed by atoms with Crippen LogP contribution >= 0.6 is 11.6 Å². The van der Waals surface area contributed by atoms with E-state index in [9.17, 15) is 0 Å². The Morgan fingerprint density at radius 3 is 2.73 bits per heavy atom. The van der Waals surface area contributed by atoms with Crippen LogP contribution in [0.5, 0.6) is 11.5 Å². The highest BCUT2D eigenvalue weighted by Gasteiger charge is 2.11. The Hall–Kier alpha value is -1.01. The van der Waals surface area contributed by atoms with E-state index < -0.39 is 0 Å². The van der Waals surface area contributed by atoms with Gasteiger partial charge in [-0.15, -0.1) is 0 Å². The van der Waals surface area contributed by atoms with Crippen molar-refractivity contribution >= 4 is 11.6 Å². The van der Waals surface area contributed by atoms with Gasteiger partial charge in [0, 0.05) is 43.8 Å². The molecule has 0 spiro atoms. The molecule has 0 atom stereocenters. The van der Waals surface area contributed by atoms with Crippen LogP contribution in [0.4, 0.5) is 0 Å². The lowest BCUT2D eigenvalue weighted by atomic mass is 10.2. The number of ether oxygens (including phenoxy) is 3. The summed E-state index contributed by atoms with van der Waals surface area (Å²) in [5.41, 5.74) is 1.02. The van der Waals surface area contributed by atoms with Gasteiger partial charge < -0.3 is 19.5 Å². The Bertz CT molecular complexity index is 465. The second kappa shape index (κ2) is 9.20. The maximum absolute atomic E-state index is 6.31. The Morgan fingerprint density at radius 2 is 2.05 bits per heavy atom. The first kappa shape index (κ1) is 17.3. The van der Waals surface area contributed by atoms with Crippen LogP contribution in [-0.2, 0) is 11.3 Å². The van der Waals surface area contributed by atoms with Crippen molar-refractivity contribution in [2.75, 3.05) is 53.1 Å². The minimum absolute atomic E-state index is 0.599. The number of morpholine rings is 1. The van der Waals surface area contributed by atoms with Crippen LogP contribution in [-0.4, -0.2) is 58.0 Å². The van der Waals surface area contributed by atoms with Gasteiger partial charge in [-0.1, -0.05) is 11.6 Å². The summed E-state index contributed by atoms with van der Waals surface area (Å²) in [6.45, 7) is 8.91. The number of halogens is 1. The van der Waals surface area contributed by atoms with Crippen molar-refractivity contribution in [3.63, 3.8) is 0 Å². The first-order valence-corrected chi connectivity index (χ1v) is 8.12. The number of benzene rings is 1. The zero-order valence-electron chi connectivity index (χ0n) is 13.4. The van der Waals surface area contributed by atoms with Gasteiger partial charge in [0.25, 0.3) is 0 Å². The predicted molar refractivity (Wildman–Crippen MR) is 88.1 cm³/mol. The second-order valence-electron chi connectivity index (χ2n) is 5.16. The molecule has 0 aliphatic carbocycles. The lowest BCUT2D eigenvalue weighted by molar-refractivity contribution is 0.0384. The highest BCUT2D eigenvalue weighted by Crippen LogP contribution is 2.33. The van der Waals surface area contributed by atoms with E-state index >= 15 is 0 Å². The van der Waals surface area contributed by atoms with Crippen molar-refractivity contribution < 1.29 is 14.2 Å². The van der Waals surface area contributed by atoms with Crippen LogP contribution in [0.1, 0.15) is 12.5 Å². The Kier molecular flexibility index (Phi) is 7.25. The molecule has 1 aliphatic heterocycles. The normalized spacial score (nSPS) is 15.8. The van der Waals surface area contributed by atoms with Gasteiger partial charge in [-0.25, -0.2) is 0 Å². The van der Waals surface area contributed by atoms with Gasteiger partial charge in [-0.05, 0) is 18.6 Å². The van der Waals surface area contributed by atoms with Gasteiger partial charge in [0.15, 0.2) is 11.5 Å². The fourth-order valence-electron chi connectivity index (χ4n) is 2.43. The maximum Gasteiger partial charge on any atom is 0.162 e. The molecule has 0 saturated carbocycles. The molecule has 0 aromatic heterocycles. The third-order valence-electron chi connectivity index (χ3n) is 3.66. The first-order chi connectivity index (χ1) is 10.7. The molecule has 1 saturated heterocycles. The van der Waals surface area contributed by atoms with E-state index in [0.717, 1.165) is 50.7 Å². The van der Waals surface area contributed by atoms with Crippen LogP contribution in [0.3, 0.4) is 0 Å². The van der Waals surface area contributed by atoms with E-state index in [1.54, 1.807) is 7.11 Å². The van der Waals surface area contributed by atoms with Gasteiger partial charge in [-0.2, -0.15) is 0 Å². The van der Waals surface area contributed by atoms with Crippen molar-refractivity contribution in [1.82, 2.24) is 10.2 Å². The highest BCUT2D eigenvalue weighted by atomic mass is 35.5. The lowest BCUT2D eigenvalue weighted by Crippen LogP contribution is -2.40. The molecule has 1 heterocycles. The summed E-state index contributed by atoms with van der Waals surface area (Å²) in [5.74, 6) is 1.41. The van der Waals surface area contributed by atoms with E-state index in [0.29, 0.717) is 23.9 Å². The lowest BCUT2D eigenvalue weighted by Gasteiger charge is -2.26. The van der Waals surface area contributed by atoms with Crippen LogP contribution in [0.2, 0.25) is 5.02 Å². The van der Waals surface area contributed by atoms with Crippen molar-refractivity contribution in [3.8, 4) is 11.5 Å². The zero-order chi connectivity index (χ0) is 15.8. The van der Waals surface area contributed by atoms with E-state index in [1.165, 1.54) is 0 Å². The summed E-state index contributed by atoms with van der Waals surface area (Å²) < 4.78 is 16.2. The van der Waals surface area contributed by atoms with E-state index in [-0.39, 0.29) is 0 Å². The number of hydrogen-bond donors (Lipinski definition) is 1. The molecular formula is C16H25ClN2O3. The number of nitrogens with one attached hydrogen (secondary N) is 1. The van der Waals surface area contributed by atoms with Crippen LogP contribution < -0.4 is 14.8 Å². The minimum Gasteiger partial charge on any atom is -0.493 e. The largest absolute Gasteiger partial charge is 0.493 e. The van der Waals surface area contributed by atoms with Gasteiger partial charge in [0.2, 0.25) is 0 Å². The third kappa shape index (κ3) is 5.02. The number of methoxy groups -OCH3 is 1. The Morgan fingerprint density at radius 1 is 1.27 bits per heavy atom. The molecule has 1 N–H and O–H groups in total. The minimum atomic E-state index is 0.599. The molecule has 0 amide bonds. The van der Waals surface area contributed by atoms with Gasteiger partial charge in [0.1, 0.15) is 0 Å². The molecule has 5 nitrogen and oxygen atoms in total. The molecule has 0 unspecified atom stereocenters. The fourth-order valence-corrected chi connectivity index (χ4v) is 2.65. The molecule has 0 bridgehead atoms. The molecule has 22 heavy (non-hydrogen) atoms.